The third kappa shape index (κ3) is 5.49. The summed E-state index contributed by atoms with van der Waals surface area (Å²) in [7, 11) is 1.55. The van der Waals surface area contributed by atoms with Crippen molar-refractivity contribution in [1.29, 1.82) is 0 Å². The van der Waals surface area contributed by atoms with Crippen LogP contribution in [-0.4, -0.2) is 66.1 Å². The zero-order valence-electron chi connectivity index (χ0n) is 21.6. The fourth-order valence-electron chi connectivity index (χ4n) is 5.21. The van der Waals surface area contributed by atoms with Crippen molar-refractivity contribution < 1.29 is 28.2 Å². The molecule has 0 unspecified atom stereocenters. The first-order chi connectivity index (χ1) is 18.9. The number of amides is 3. The van der Waals surface area contributed by atoms with E-state index < -0.39 is 17.6 Å². The average molecular weight is 532 g/mol. The summed E-state index contributed by atoms with van der Waals surface area (Å²) in [5.41, 5.74) is 0.559. The van der Waals surface area contributed by atoms with Crippen LogP contribution < -0.4 is 10.1 Å². The lowest BCUT2D eigenvalue weighted by Crippen LogP contribution is -2.59. The predicted molar refractivity (Wildman–Crippen MR) is 141 cm³/mol. The van der Waals surface area contributed by atoms with E-state index >= 15 is 0 Å². The van der Waals surface area contributed by atoms with Gasteiger partial charge in [-0.05, 0) is 48.0 Å². The van der Waals surface area contributed by atoms with Gasteiger partial charge in [-0.2, -0.15) is 0 Å². The number of nitrogens with one attached hydrogen (secondary N) is 1. The molecule has 0 aromatic heterocycles. The topological polar surface area (TPSA) is 88.2 Å². The van der Waals surface area contributed by atoms with Gasteiger partial charge in [-0.3, -0.25) is 19.3 Å². The van der Waals surface area contributed by atoms with Crippen molar-refractivity contribution in [1.82, 2.24) is 15.1 Å². The lowest BCUT2D eigenvalue weighted by Gasteiger charge is -2.44. The minimum Gasteiger partial charge on any atom is -0.497 e. The molecule has 0 saturated carbocycles. The van der Waals surface area contributed by atoms with Gasteiger partial charge in [0.05, 0.1) is 13.7 Å². The van der Waals surface area contributed by atoms with Gasteiger partial charge in [0.15, 0.2) is 0 Å². The molecule has 39 heavy (non-hydrogen) atoms. The fourth-order valence-corrected chi connectivity index (χ4v) is 5.21. The summed E-state index contributed by atoms with van der Waals surface area (Å²) >= 11 is 0. The number of hydrogen-bond donors (Lipinski definition) is 1. The number of piperidine rings is 1. The Morgan fingerprint density at radius 2 is 1.67 bits per heavy atom. The van der Waals surface area contributed by atoms with E-state index in [0.29, 0.717) is 43.8 Å². The van der Waals surface area contributed by atoms with Crippen LogP contribution in [0.2, 0.25) is 0 Å². The number of methoxy groups -OCH3 is 1. The molecular weight excluding hydrogens is 501 g/mol. The Morgan fingerprint density at radius 1 is 0.949 bits per heavy atom. The summed E-state index contributed by atoms with van der Waals surface area (Å²) in [6, 6.07) is 21.0. The largest absolute Gasteiger partial charge is 0.497 e. The smallest absolute Gasteiger partial charge is 0.256 e. The molecule has 2 heterocycles. The van der Waals surface area contributed by atoms with E-state index in [4.69, 9.17) is 9.47 Å². The second-order valence-electron chi connectivity index (χ2n) is 9.68. The van der Waals surface area contributed by atoms with Crippen molar-refractivity contribution in [2.75, 3.05) is 26.8 Å². The number of halogens is 1. The molecule has 0 radical (unpaired) electrons. The first-order valence-electron chi connectivity index (χ1n) is 12.9. The molecule has 3 aromatic carbocycles. The van der Waals surface area contributed by atoms with Crippen LogP contribution in [0.1, 0.15) is 39.1 Å². The zero-order valence-corrected chi connectivity index (χ0v) is 21.6. The van der Waals surface area contributed by atoms with Gasteiger partial charge in [0.25, 0.3) is 11.8 Å². The summed E-state index contributed by atoms with van der Waals surface area (Å²) < 4.78 is 25.2. The number of carbonyl (C=O) groups excluding carboxylic acids is 3. The molecule has 2 aliphatic heterocycles. The van der Waals surface area contributed by atoms with Crippen LogP contribution >= 0.6 is 0 Å². The summed E-state index contributed by atoms with van der Waals surface area (Å²) in [4.78, 5) is 43.4. The summed E-state index contributed by atoms with van der Waals surface area (Å²) in [6.07, 6.45) is 0.636. The maximum Gasteiger partial charge on any atom is 0.256 e. The van der Waals surface area contributed by atoms with Crippen LogP contribution in [0, 0.1) is 5.82 Å². The highest BCUT2D eigenvalue weighted by molar-refractivity contribution is 5.99. The van der Waals surface area contributed by atoms with Crippen LogP contribution in [0.3, 0.4) is 0 Å². The minimum atomic E-state index is -1.05. The molecule has 5 rings (SSSR count). The van der Waals surface area contributed by atoms with Crippen molar-refractivity contribution in [2.45, 2.75) is 31.2 Å². The first kappa shape index (κ1) is 26.4. The molecule has 8 nitrogen and oxygen atoms in total. The molecule has 3 aromatic rings. The van der Waals surface area contributed by atoms with Gasteiger partial charge in [0.2, 0.25) is 5.91 Å². The molecule has 2 saturated heterocycles. The van der Waals surface area contributed by atoms with Crippen molar-refractivity contribution in [2.24, 2.45) is 0 Å². The Bertz CT molecular complexity index is 1340. The molecule has 1 spiro atoms. The molecule has 9 heteroatoms. The molecule has 2 fully saturated rings. The SMILES string of the molecule is COc1ccc(C(=O)N2[C@H](C(=O)NCc3ccccc3)COC23CCN(C(=O)c2cccc(F)c2)CC3)cc1. The quantitative estimate of drug-likeness (QED) is 0.525. The molecule has 1 atom stereocenters. The van der Waals surface area contributed by atoms with Crippen LogP contribution in [0.4, 0.5) is 4.39 Å². The summed E-state index contributed by atoms with van der Waals surface area (Å²) in [6.45, 7) is 0.949. The monoisotopic (exact) mass is 531 g/mol. The Morgan fingerprint density at radius 3 is 2.33 bits per heavy atom. The highest BCUT2D eigenvalue weighted by Gasteiger charge is 2.54. The summed E-state index contributed by atoms with van der Waals surface area (Å²) in [5, 5.41) is 2.94. The van der Waals surface area contributed by atoms with Crippen LogP contribution in [0.5, 0.6) is 5.75 Å². The van der Waals surface area contributed by atoms with E-state index in [9.17, 15) is 18.8 Å². The minimum absolute atomic E-state index is 0.0420. The van der Waals surface area contributed by atoms with Gasteiger partial charge in [-0.15, -0.1) is 0 Å². The number of rotatable bonds is 6. The highest BCUT2D eigenvalue weighted by atomic mass is 19.1. The lowest BCUT2D eigenvalue weighted by atomic mass is 9.96. The van der Waals surface area contributed by atoms with Crippen molar-refractivity contribution in [3.05, 3.63) is 101 Å². The van der Waals surface area contributed by atoms with Gasteiger partial charge in [0.1, 0.15) is 23.3 Å². The van der Waals surface area contributed by atoms with Crippen molar-refractivity contribution >= 4 is 17.7 Å². The standard InChI is InChI=1S/C30H30FN3O5/c1-38-25-12-10-22(11-13-25)29(37)34-26(27(35)32-19-21-6-3-2-4-7-21)20-39-30(34)14-16-33(17-15-30)28(36)23-8-5-9-24(31)18-23/h2-13,18,26H,14-17,19-20H2,1H3,(H,32,35)/t26-/m0/s1. The number of nitrogens with zero attached hydrogens (tertiary/aromatic N) is 2. The van der Waals surface area contributed by atoms with Crippen LogP contribution in [-0.2, 0) is 16.1 Å². The van der Waals surface area contributed by atoms with Gasteiger partial charge in [-0.1, -0.05) is 36.4 Å². The van der Waals surface area contributed by atoms with E-state index in [0.717, 1.165) is 5.56 Å². The van der Waals surface area contributed by atoms with E-state index in [1.165, 1.54) is 18.2 Å². The Labute approximate surface area is 226 Å². The van der Waals surface area contributed by atoms with Gasteiger partial charge in [-0.25, -0.2) is 4.39 Å². The Kier molecular flexibility index (Phi) is 7.60. The Hall–Kier alpha value is -4.24. The summed E-state index contributed by atoms with van der Waals surface area (Å²) in [5.74, 6) is -0.794. The van der Waals surface area contributed by atoms with Crippen molar-refractivity contribution in [3.8, 4) is 5.75 Å². The number of likely N-dealkylation sites (tertiary alicyclic amines) is 1. The molecular formula is C30H30FN3O5. The predicted octanol–water partition coefficient (Wildman–Crippen LogP) is 3.62. The number of benzene rings is 3. The van der Waals surface area contributed by atoms with E-state index in [-0.39, 0.29) is 29.9 Å². The highest BCUT2D eigenvalue weighted by Crippen LogP contribution is 2.39. The normalized spacial score (nSPS) is 18.2. The number of ether oxygens (including phenoxy) is 2. The molecule has 2 aliphatic rings. The van der Waals surface area contributed by atoms with E-state index in [1.54, 1.807) is 47.2 Å². The van der Waals surface area contributed by atoms with E-state index in [2.05, 4.69) is 5.32 Å². The number of carbonyl (C=O) groups is 3. The maximum absolute atomic E-state index is 13.9. The third-order valence-corrected chi connectivity index (χ3v) is 7.33. The van der Waals surface area contributed by atoms with Gasteiger partial charge < -0.3 is 19.7 Å². The zero-order chi connectivity index (χ0) is 27.4. The molecule has 3 amide bonds. The lowest BCUT2D eigenvalue weighted by molar-refractivity contribution is -0.128. The van der Waals surface area contributed by atoms with Crippen LogP contribution in [0.15, 0.2) is 78.9 Å². The second-order valence-corrected chi connectivity index (χ2v) is 9.68. The average Bonchev–Trinajstić information content (AvgIpc) is 3.34. The maximum atomic E-state index is 13.9. The number of hydrogen-bond acceptors (Lipinski definition) is 5. The van der Waals surface area contributed by atoms with Gasteiger partial charge >= 0.3 is 0 Å². The van der Waals surface area contributed by atoms with Gasteiger partial charge in [0, 0.05) is 43.6 Å². The molecule has 1 N–H and O–H groups in total. The second kappa shape index (κ2) is 11.2. The Balaban J connectivity index is 1.36. The van der Waals surface area contributed by atoms with Crippen LogP contribution in [0.25, 0.3) is 0 Å². The fraction of sp³-hybridized carbons (Fsp3) is 0.300. The first-order valence-corrected chi connectivity index (χ1v) is 12.9. The molecule has 0 bridgehead atoms. The third-order valence-electron chi connectivity index (χ3n) is 7.33. The molecule has 0 aliphatic carbocycles. The van der Waals surface area contributed by atoms with E-state index in [1.807, 2.05) is 30.3 Å². The van der Waals surface area contributed by atoms with Crippen molar-refractivity contribution in [3.63, 3.8) is 0 Å². The molecule has 202 valence electrons.